The normalized spacial score (nSPS) is 13.7. The van der Waals surface area contributed by atoms with E-state index in [1.807, 2.05) is 20.8 Å². The number of amides is 2. The monoisotopic (exact) mass is 263 g/mol. The van der Waals surface area contributed by atoms with Crippen molar-refractivity contribution in [3.05, 3.63) is 29.3 Å². The lowest BCUT2D eigenvalue weighted by molar-refractivity contribution is -0.118. The van der Waals surface area contributed by atoms with Crippen molar-refractivity contribution in [1.29, 1.82) is 0 Å². The number of nitrogens with two attached hydrogens (primary N) is 2. The highest BCUT2D eigenvalue weighted by atomic mass is 16.2. The number of benzene rings is 1. The van der Waals surface area contributed by atoms with Crippen molar-refractivity contribution < 1.29 is 9.59 Å². The van der Waals surface area contributed by atoms with Gasteiger partial charge in [0.1, 0.15) is 0 Å². The Morgan fingerprint density at radius 3 is 2.53 bits per heavy atom. The smallest absolute Gasteiger partial charge is 0.248 e. The van der Waals surface area contributed by atoms with Crippen LogP contribution in [0.1, 0.15) is 36.2 Å². The molecule has 2 amide bonds. The van der Waals surface area contributed by atoms with Crippen molar-refractivity contribution in [2.24, 2.45) is 17.4 Å². The lowest BCUT2D eigenvalue weighted by atomic mass is 9.99. The number of primary amides is 1. The maximum Gasteiger partial charge on any atom is 0.248 e. The summed E-state index contributed by atoms with van der Waals surface area (Å²) in [4.78, 5) is 23.1. The van der Waals surface area contributed by atoms with Gasteiger partial charge >= 0.3 is 0 Å². The first-order chi connectivity index (χ1) is 8.86. The van der Waals surface area contributed by atoms with Crippen LogP contribution in [0.15, 0.2) is 18.2 Å². The van der Waals surface area contributed by atoms with Crippen LogP contribution in [0, 0.1) is 12.8 Å². The fourth-order valence-corrected chi connectivity index (χ4v) is 1.64. The number of carbonyl (C=O) groups is 2. The molecule has 5 nitrogen and oxygen atoms in total. The van der Waals surface area contributed by atoms with Gasteiger partial charge in [0.25, 0.3) is 0 Å². The van der Waals surface area contributed by atoms with E-state index in [0.29, 0.717) is 11.3 Å². The molecule has 0 fully saturated rings. The lowest BCUT2D eigenvalue weighted by Crippen LogP contribution is -2.40. The van der Waals surface area contributed by atoms with E-state index >= 15 is 0 Å². The highest BCUT2D eigenvalue weighted by molar-refractivity contribution is 5.98. The molecular formula is C14H21N3O2. The summed E-state index contributed by atoms with van der Waals surface area (Å²) in [6, 6.07) is 4.37. The number of carbonyl (C=O) groups excluding carboxylic acids is 2. The van der Waals surface area contributed by atoms with Gasteiger partial charge < -0.3 is 16.8 Å². The molecule has 19 heavy (non-hydrogen) atoms. The first kappa shape index (κ1) is 15.2. The van der Waals surface area contributed by atoms with Gasteiger partial charge in [0.2, 0.25) is 11.8 Å². The molecule has 1 aromatic rings. The first-order valence-corrected chi connectivity index (χ1v) is 6.33. The summed E-state index contributed by atoms with van der Waals surface area (Å²) >= 11 is 0. The summed E-state index contributed by atoms with van der Waals surface area (Å²) in [5.41, 5.74) is 12.9. The average Bonchev–Trinajstić information content (AvgIpc) is 2.38. The fraction of sp³-hybridized carbons (Fsp3) is 0.429. The second-order valence-corrected chi connectivity index (χ2v) is 4.79. The van der Waals surface area contributed by atoms with E-state index in [1.165, 1.54) is 0 Å². The third kappa shape index (κ3) is 3.79. The number of aryl methyl sites for hydroxylation is 1. The van der Waals surface area contributed by atoms with Crippen molar-refractivity contribution in [2.75, 3.05) is 5.32 Å². The Kier molecular flexibility index (Phi) is 5.06. The van der Waals surface area contributed by atoms with Gasteiger partial charge in [0.15, 0.2) is 0 Å². The van der Waals surface area contributed by atoms with E-state index in [1.54, 1.807) is 18.2 Å². The van der Waals surface area contributed by atoms with Gasteiger partial charge in [-0.1, -0.05) is 26.3 Å². The van der Waals surface area contributed by atoms with E-state index in [4.69, 9.17) is 11.5 Å². The minimum atomic E-state index is -0.568. The molecule has 0 spiro atoms. The van der Waals surface area contributed by atoms with E-state index in [2.05, 4.69) is 5.32 Å². The van der Waals surface area contributed by atoms with Gasteiger partial charge in [-0.15, -0.1) is 0 Å². The Balaban J connectivity index is 2.90. The lowest BCUT2D eigenvalue weighted by Gasteiger charge is -2.18. The van der Waals surface area contributed by atoms with Crippen molar-refractivity contribution in [3.63, 3.8) is 0 Å². The summed E-state index contributed by atoms with van der Waals surface area (Å²) in [7, 11) is 0. The SMILES string of the molecule is CCC(C)C(N)C(=O)Nc1cc(C(N)=O)ccc1C. The van der Waals surface area contributed by atoms with Crippen molar-refractivity contribution >= 4 is 17.5 Å². The average molecular weight is 263 g/mol. The molecule has 0 aliphatic heterocycles. The van der Waals surface area contributed by atoms with Gasteiger partial charge in [-0.25, -0.2) is 0 Å². The summed E-state index contributed by atoms with van der Waals surface area (Å²) in [5.74, 6) is -0.680. The third-order valence-electron chi connectivity index (χ3n) is 3.34. The molecule has 0 heterocycles. The van der Waals surface area contributed by atoms with Gasteiger partial charge in [0.05, 0.1) is 6.04 Å². The summed E-state index contributed by atoms with van der Waals surface area (Å²) in [6.45, 7) is 5.75. The zero-order valence-corrected chi connectivity index (χ0v) is 11.6. The molecule has 0 saturated carbocycles. The van der Waals surface area contributed by atoms with Crippen LogP contribution in [0.5, 0.6) is 0 Å². The maximum absolute atomic E-state index is 12.0. The van der Waals surface area contributed by atoms with Crippen LogP contribution in [-0.2, 0) is 4.79 Å². The number of anilines is 1. The van der Waals surface area contributed by atoms with Crippen LogP contribution in [0.4, 0.5) is 5.69 Å². The Hall–Kier alpha value is -1.88. The largest absolute Gasteiger partial charge is 0.366 e. The number of hydrogen-bond acceptors (Lipinski definition) is 3. The molecule has 0 radical (unpaired) electrons. The highest BCUT2D eigenvalue weighted by Crippen LogP contribution is 2.18. The van der Waals surface area contributed by atoms with Gasteiger partial charge in [-0.05, 0) is 30.5 Å². The number of rotatable bonds is 5. The van der Waals surface area contributed by atoms with Crippen molar-refractivity contribution in [1.82, 2.24) is 0 Å². The molecule has 5 heteroatoms. The molecule has 0 aliphatic rings. The Bertz CT molecular complexity index is 486. The van der Waals surface area contributed by atoms with Crippen LogP contribution < -0.4 is 16.8 Å². The van der Waals surface area contributed by atoms with Crippen molar-refractivity contribution in [2.45, 2.75) is 33.2 Å². The zero-order chi connectivity index (χ0) is 14.6. The highest BCUT2D eigenvalue weighted by Gasteiger charge is 2.20. The number of nitrogens with one attached hydrogen (secondary N) is 1. The predicted octanol–water partition coefficient (Wildman–Crippen LogP) is 1.41. The standard InChI is InChI=1S/C14H21N3O2/c1-4-8(2)12(15)14(19)17-11-7-10(13(16)18)6-5-9(11)3/h5-8,12H,4,15H2,1-3H3,(H2,16,18)(H,17,19). The molecule has 0 bridgehead atoms. The van der Waals surface area contributed by atoms with E-state index in [-0.39, 0.29) is 11.8 Å². The Morgan fingerprint density at radius 2 is 2.00 bits per heavy atom. The molecule has 2 unspecified atom stereocenters. The maximum atomic E-state index is 12.0. The molecule has 0 aromatic heterocycles. The summed E-state index contributed by atoms with van der Waals surface area (Å²) in [6.07, 6.45) is 0.828. The quantitative estimate of drug-likeness (QED) is 0.749. The Morgan fingerprint density at radius 1 is 1.37 bits per heavy atom. The van der Waals surface area contributed by atoms with Gasteiger partial charge in [-0.2, -0.15) is 0 Å². The van der Waals surface area contributed by atoms with Crippen LogP contribution in [0.25, 0.3) is 0 Å². The van der Waals surface area contributed by atoms with Crippen LogP contribution in [0.2, 0.25) is 0 Å². The molecule has 104 valence electrons. The predicted molar refractivity (Wildman–Crippen MR) is 75.8 cm³/mol. The molecule has 1 rings (SSSR count). The van der Waals surface area contributed by atoms with E-state index in [0.717, 1.165) is 12.0 Å². The van der Waals surface area contributed by atoms with E-state index < -0.39 is 11.9 Å². The molecule has 0 saturated heterocycles. The molecule has 2 atom stereocenters. The molecular weight excluding hydrogens is 242 g/mol. The molecule has 0 aliphatic carbocycles. The minimum absolute atomic E-state index is 0.0969. The topological polar surface area (TPSA) is 98.2 Å². The van der Waals surface area contributed by atoms with Crippen molar-refractivity contribution in [3.8, 4) is 0 Å². The molecule has 1 aromatic carbocycles. The summed E-state index contributed by atoms with van der Waals surface area (Å²) in [5, 5.41) is 2.75. The summed E-state index contributed by atoms with van der Waals surface area (Å²) < 4.78 is 0. The minimum Gasteiger partial charge on any atom is -0.366 e. The zero-order valence-electron chi connectivity index (χ0n) is 11.6. The van der Waals surface area contributed by atoms with Crippen LogP contribution >= 0.6 is 0 Å². The first-order valence-electron chi connectivity index (χ1n) is 6.33. The molecule has 5 N–H and O–H groups in total. The number of hydrogen-bond donors (Lipinski definition) is 3. The van der Waals surface area contributed by atoms with Crippen LogP contribution in [0.3, 0.4) is 0 Å². The van der Waals surface area contributed by atoms with E-state index in [9.17, 15) is 9.59 Å². The van der Waals surface area contributed by atoms with Crippen LogP contribution in [-0.4, -0.2) is 17.9 Å². The second-order valence-electron chi connectivity index (χ2n) is 4.79. The van der Waals surface area contributed by atoms with Gasteiger partial charge in [-0.3, -0.25) is 9.59 Å². The fourth-order valence-electron chi connectivity index (χ4n) is 1.64. The Labute approximate surface area is 113 Å². The third-order valence-corrected chi connectivity index (χ3v) is 3.34. The van der Waals surface area contributed by atoms with Gasteiger partial charge in [0, 0.05) is 11.3 Å². The second kappa shape index (κ2) is 6.33.